The summed E-state index contributed by atoms with van der Waals surface area (Å²) < 4.78 is 0. The van der Waals surface area contributed by atoms with Crippen molar-refractivity contribution in [3.05, 3.63) is 72.4 Å². The molecule has 0 bridgehead atoms. The molecule has 3 heterocycles. The van der Waals surface area contributed by atoms with Gasteiger partial charge in [-0.1, -0.05) is 66.4 Å². The molecule has 2 aromatic heterocycles. The first-order valence-corrected chi connectivity index (χ1v) is 14.3. The zero-order chi connectivity index (χ0) is 27.2. The smallest absolute Gasteiger partial charge is 0.239 e. The summed E-state index contributed by atoms with van der Waals surface area (Å²) >= 11 is 1.51. The summed E-state index contributed by atoms with van der Waals surface area (Å²) in [6.07, 6.45) is 5.60. The van der Waals surface area contributed by atoms with Crippen LogP contribution in [0.15, 0.2) is 72.0 Å². The lowest BCUT2D eigenvalue weighted by atomic mass is 9.97. The predicted octanol–water partition coefficient (Wildman–Crippen LogP) is 4.30. The van der Waals surface area contributed by atoms with Crippen molar-refractivity contribution < 1.29 is 9.59 Å². The van der Waals surface area contributed by atoms with Crippen LogP contribution < -0.4 is 10.6 Å². The van der Waals surface area contributed by atoms with Crippen LogP contribution in [0.5, 0.6) is 0 Å². The predicted molar refractivity (Wildman–Crippen MR) is 155 cm³/mol. The number of rotatable bonds is 8. The Labute approximate surface area is 232 Å². The van der Waals surface area contributed by atoms with Gasteiger partial charge in [0.15, 0.2) is 10.8 Å². The number of pyridine rings is 1. The highest BCUT2D eigenvalue weighted by molar-refractivity contribution is 7.98. The molecule has 0 unspecified atom stereocenters. The fraction of sp³-hybridized carbons (Fsp3) is 0.300. The van der Waals surface area contributed by atoms with Gasteiger partial charge < -0.3 is 10.6 Å². The van der Waals surface area contributed by atoms with Crippen molar-refractivity contribution in [2.75, 3.05) is 25.9 Å². The lowest BCUT2D eigenvalue weighted by Gasteiger charge is -2.32. The molecule has 2 aromatic carbocycles. The van der Waals surface area contributed by atoms with Crippen LogP contribution in [-0.2, 0) is 16.1 Å². The highest BCUT2D eigenvalue weighted by Gasteiger charge is 2.21. The van der Waals surface area contributed by atoms with E-state index in [1.807, 2.05) is 30.7 Å². The number of fused-ring (bicyclic) bond motifs is 1. The van der Waals surface area contributed by atoms with E-state index in [0.717, 1.165) is 60.2 Å². The van der Waals surface area contributed by atoms with Gasteiger partial charge in [-0.15, -0.1) is 0 Å². The number of carbonyl (C=O) groups is 2. The molecule has 0 aliphatic carbocycles. The first-order chi connectivity index (χ1) is 19.0. The Bertz CT molecular complexity index is 1450. The number of nitrogens with one attached hydrogen (secondary N) is 2. The number of amides is 2. The van der Waals surface area contributed by atoms with Crippen LogP contribution in [-0.4, -0.2) is 63.6 Å². The normalized spacial score (nSPS) is 14.3. The van der Waals surface area contributed by atoms with Crippen molar-refractivity contribution in [1.82, 2.24) is 30.5 Å². The fourth-order valence-electron chi connectivity index (χ4n) is 4.85. The van der Waals surface area contributed by atoms with Gasteiger partial charge in [0, 0.05) is 55.3 Å². The van der Waals surface area contributed by atoms with Gasteiger partial charge in [-0.05, 0) is 36.3 Å². The van der Waals surface area contributed by atoms with E-state index < -0.39 is 0 Å². The van der Waals surface area contributed by atoms with Gasteiger partial charge in [-0.2, -0.15) is 0 Å². The second-order valence-corrected chi connectivity index (χ2v) is 10.5. The van der Waals surface area contributed by atoms with Crippen molar-refractivity contribution in [3.63, 3.8) is 0 Å². The number of aromatic nitrogens is 3. The Morgan fingerprint density at radius 3 is 2.44 bits per heavy atom. The Hall–Kier alpha value is -3.82. The van der Waals surface area contributed by atoms with E-state index in [-0.39, 0.29) is 24.4 Å². The molecule has 9 heteroatoms. The van der Waals surface area contributed by atoms with Crippen molar-refractivity contribution >= 4 is 34.6 Å². The molecular weight excluding hydrogens is 508 g/mol. The number of piperidine rings is 1. The van der Waals surface area contributed by atoms with Gasteiger partial charge >= 0.3 is 0 Å². The maximum atomic E-state index is 12.0. The minimum atomic E-state index is -0.197. The van der Waals surface area contributed by atoms with Crippen LogP contribution in [0.3, 0.4) is 0 Å². The van der Waals surface area contributed by atoms with Gasteiger partial charge in [0.1, 0.15) is 0 Å². The first-order valence-electron chi connectivity index (χ1n) is 13.1. The van der Waals surface area contributed by atoms with E-state index >= 15 is 0 Å². The van der Waals surface area contributed by atoms with E-state index in [9.17, 15) is 9.59 Å². The van der Waals surface area contributed by atoms with Crippen LogP contribution in [0.4, 0.5) is 0 Å². The zero-order valence-electron chi connectivity index (χ0n) is 22.2. The second kappa shape index (κ2) is 12.4. The van der Waals surface area contributed by atoms with E-state index in [1.165, 1.54) is 24.2 Å². The molecule has 0 atom stereocenters. The molecular formula is C30H32N6O2S. The Kier molecular flexibility index (Phi) is 8.48. The summed E-state index contributed by atoms with van der Waals surface area (Å²) in [5.41, 5.74) is 6.04. The third-order valence-corrected chi connectivity index (χ3v) is 7.46. The minimum Gasteiger partial charge on any atom is -0.352 e. The lowest BCUT2D eigenvalue weighted by molar-refractivity contribution is -0.125. The molecule has 2 N–H and O–H groups in total. The molecule has 1 aliphatic heterocycles. The van der Waals surface area contributed by atoms with Gasteiger partial charge in [0.05, 0.1) is 12.2 Å². The van der Waals surface area contributed by atoms with Crippen molar-refractivity contribution in [3.8, 4) is 22.4 Å². The molecule has 1 saturated heterocycles. The van der Waals surface area contributed by atoms with Crippen LogP contribution in [0, 0.1) is 0 Å². The Morgan fingerprint density at radius 2 is 1.74 bits per heavy atom. The number of thioether (sulfide) groups is 1. The minimum absolute atomic E-state index is 0.0334. The summed E-state index contributed by atoms with van der Waals surface area (Å²) in [7, 11) is 0. The number of hydrogen-bond acceptors (Lipinski definition) is 7. The molecule has 4 aromatic rings. The molecule has 1 fully saturated rings. The monoisotopic (exact) mass is 540 g/mol. The van der Waals surface area contributed by atoms with E-state index in [2.05, 4.69) is 68.0 Å². The van der Waals surface area contributed by atoms with Crippen LogP contribution in [0.1, 0.15) is 25.3 Å². The molecule has 39 heavy (non-hydrogen) atoms. The maximum absolute atomic E-state index is 12.0. The molecule has 2 amide bonds. The molecule has 0 saturated carbocycles. The number of likely N-dealkylation sites (tertiary alicyclic amines) is 1. The second-order valence-electron chi connectivity index (χ2n) is 9.74. The fourth-order valence-corrected chi connectivity index (χ4v) is 5.18. The van der Waals surface area contributed by atoms with Gasteiger partial charge in [-0.3, -0.25) is 14.5 Å². The molecule has 5 rings (SSSR count). The standard InChI is InChI=1S/C30H32N6O2S/c1-20(37)31-18-27(38)33-25-12-14-36(15-13-25)19-21-8-10-23(11-9-21)28-26(22-6-4-3-5-7-22)16-24-17-32-30(39-2)35-29(24)34-28/h3-11,16-17,25H,12-15,18-19H2,1-2H3,(H,31,37)(H,33,38). The number of benzene rings is 2. The highest BCUT2D eigenvalue weighted by atomic mass is 32.2. The average molecular weight is 541 g/mol. The molecule has 0 spiro atoms. The molecule has 0 radical (unpaired) electrons. The summed E-state index contributed by atoms with van der Waals surface area (Å²) in [6.45, 7) is 4.12. The third-order valence-electron chi connectivity index (χ3n) is 6.90. The van der Waals surface area contributed by atoms with Crippen LogP contribution >= 0.6 is 11.8 Å². The van der Waals surface area contributed by atoms with E-state index in [0.29, 0.717) is 10.8 Å². The molecule has 8 nitrogen and oxygen atoms in total. The number of nitrogens with zero attached hydrogens (tertiary/aromatic N) is 4. The largest absolute Gasteiger partial charge is 0.352 e. The van der Waals surface area contributed by atoms with Crippen molar-refractivity contribution in [1.29, 1.82) is 0 Å². The highest BCUT2D eigenvalue weighted by Crippen LogP contribution is 2.33. The van der Waals surface area contributed by atoms with E-state index in [1.54, 1.807) is 0 Å². The van der Waals surface area contributed by atoms with E-state index in [4.69, 9.17) is 4.98 Å². The number of carbonyl (C=O) groups excluding carboxylic acids is 2. The SMILES string of the molecule is CSc1ncc2cc(-c3ccccc3)c(-c3ccc(CN4CCC(NC(=O)CNC(C)=O)CC4)cc3)nc2n1. The van der Waals surface area contributed by atoms with Crippen LogP contribution in [0.2, 0.25) is 0 Å². The maximum Gasteiger partial charge on any atom is 0.239 e. The summed E-state index contributed by atoms with van der Waals surface area (Å²) in [5.74, 6) is -0.329. The lowest BCUT2D eigenvalue weighted by Crippen LogP contribution is -2.47. The van der Waals surface area contributed by atoms with Gasteiger partial charge in [-0.25, -0.2) is 15.0 Å². The van der Waals surface area contributed by atoms with Crippen molar-refractivity contribution in [2.45, 2.75) is 37.5 Å². The van der Waals surface area contributed by atoms with Gasteiger partial charge in [0.25, 0.3) is 0 Å². The summed E-state index contributed by atoms with van der Waals surface area (Å²) in [6, 6.07) is 21.2. The molecule has 1 aliphatic rings. The summed E-state index contributed by atoms with van der Waals surface area (Å²) in [4.78, 5) is 39.5. The Balaban J connectivity index is 1.29. The topological polar surface area (TPSA) is 100 Å². The van der Waals surface area contributed by atoms with Crippen molar-refractivity contribution in [2.24, 2.45) is 0 Å². The molecule has 200 valence electrons. The Morgan fingerprint density at radius 1 is 1.00 bits per heavy atom. The number of hydrogen-bond donors (Lipinski definition) is 2. The first kappa shape index (κ1) is 26.8. The third kappa shape index (κ3) is 6.79. The summed E-state index contributed by atoms with van der Waals surface area (Å²) in [5, 5.41) is 7.20. The van der Waals surface area contributed by atoms with Crippen LogP contribution in [0.25, 0.3) is 33.4 Å². The zero-order valence-corrected chi connectivity index (χ0v) is 23.0. The average Bonchev–Trinajstić information content (AvgIpc) is 2.97. The van der Waals surface area contributed by atoms with Gasteiger partial charge in [0.2, 0.25) is 11.8 Å². The quantitative estimate of drug-likeness (QED) is 0.254.